The fourth-order valence-corrected chi connectivity index (χ4v) is 14.2. The third-order valence-electron chi connectivity index (χ3n) is 11.9. The molecule has 58 heavy (non-hydrogen) atoms. The van der Waals surface area contributed by atoms with E-state index >= 15 is 0 Å². The summed E-state index contributed by atoms with van der Waals surface area (Å²) in [5.74, 6) is 0.626. The lowest BCUT2D eigenvalue weighted by molar-refractivity contribution is 0.671. The molecule has 6 heteroatoms. The maximum Gasteiger partial charge on any atom is 0.234 e. The molecular formula is C52H34N4OSi. The first kappa shape index (κ1) is 32.7. The van der Waals surface area contributed by atoms with Gasteiger partial charge in [0.1, 0.15) is 11.2 Å². The van der Waals surface area contributed by atoms with E-state index < -0.39 is 8.07 Å². The van der Waals surface area contributed by atoms with Crippen LogP contribution in [-0.2, 0) is 0 Å². The van der Waals surface area contributed by atoms with Gasteiger partial charge in [-0.15, -0.1) is 0 Å². The van der Waals surface area contributed by atoms with E-state index in [0.29, 0.717) is 5.95 Å². The van der Waals surface area contributed by atoms with Crippen LogP contribution >= 0.6 is 0 Å². The number of benzene rings is 8. The molecule has 8 aromatic carbocycles. The van der Waals surface area contributed by atoms with Crippen LogP contribution in [0.1, 0.15) is 0 Å². The maximum absolute atomic E-state index is 6.89. The smallest absolute Gasteiger partial charge is 0.234 e. The van der Waals surface area contributed by atoms with Crippen LogP contribution in [0.5, 0.6) is 0 Å². The first-order valence-corrected chi connectivity index (χ1v) is 21.7. The molecule has 4 heterocycles. The van der Waals surface area contributed by atoms with E-state index in [0.717, 1.165) is 71.0 Å². The molecule has 0 aliphatic heterocycles. The molecular weight excluding hydrogens is 725 g/mol. The summed E-state index contributed by atoms with van der Waals surface area (Å²) in [6, 6.07) is 71.5. The summed E-state index contributed by atoms with van der Waals surface area (Å²) < 4.78 is 11.6. The largest absolute Gasteiger partial charge is 0.456 e. The van der Waals surface area contributed by atoms with Gasteiger partial charge in [-0.1, -0.05) is 164 Å². The van der Waals surface area contributed by atoms with E-state index in [4.69, 9.17) is 14.4 Å². The standard InChI is InChI=1S/C52H34N4OSi/c1-4-17-35(18-5-1)55-44-27-13-10-23-38(44)41-31-32-42-39-24-11-14-28-45(39)56(50(42)49(41)55)52-53-34-33-48(54-52)58(36-19-6-2-7-20-36,37-21-8-3-9-22-37)47-30-16-26-43-40-25-12-15-29-46(40)57-51(43)47/h1-34H. The second kappa shape index (κ2) is 12.7. The van der Waals surface area contributed by atoms with Crippen molar-refractivity contribution in [3.63, 3.8) is 0 Å². The van der Waals surface area contributed by atoms with Gasteiger partial charge in [0.05, 0.1) is 22.1 Å². The maximum atomic E-state index is 6.89. The summed E-state index contributed by atoms with van der Waals surface area (Å²) in [6.07, 6.45) is 1.96. The number of rotatable bonds is 6. The molecule has 0 saturated heterocycles. The molecule has 0 spiro atoms. The van der Waals surface area contributed by atoms with E-state index in [2.05, 4.69) is 203 Å². The molecule has 0 aliphatic carbocycles. The number of fused-ring (bicyclic) bond motifs is 10. The van der Waals surface area contributed by atoms with E-state index in [1.807, 2.05) is 12.3 Å². The summed E-state index contributed by atoms with van der Waals surface area (Å²) >= 11 is 0. The fraction of sp³-hybridized carbons (Fsp3) is 0. The average Bonchev–Trinajstić information content (AvgIpc) is 3.96. The van der Waals surface area contributed by atoms with Crippen molar-refractivity contribution in [2.45, 2.75) is 0 Å². The van der Waals surface area contributed by atoms with Crippen molar-refractivity contribution in [1.82, 2.24) is 19.1 Å². The van der Waals surface area contributed by atoms with Crippen molar-refractivity contribution in [3.8, 4) is 11.6 Å². The molecule has 12 aromatic rings. The Morgan fingerprint density at radius 2 is 0.948 bits per heavy atom. The topological polar surface area (TPSA) is 48.8 Å². The quantitative estimate of drug-likeness (QED) is 0.125. The molecule has 272 valence electrons. The van der Waals surface area contributed by atoms with Crippen molar-refractivity contribution in [2.24, 2.45) is 0 Å². The highest BCUT2D eigenvalue weighted by Gasteiger charge is 2.45. The summed E-state index contributed by atoms with van der Waals surface area (Å²) in [5, 5.41) is 11.5. The second-order valence-corrected chi connectivity index (χ2v) is 18.6. The van der Waals surface area contributed by atoms with Gasteiger partial charge in [-0.25, -0.2) is 9.97 Å². The highest BCUT2D eigenvalue weighted by Crippen LogP contribution is 2.41. The Kier molecular flexibility index (Phi) is 7.18. The van der Waals surface area contributed by atoms with Crippen molar-refractivity contribution in [3.05, 3.63) is 206 Å². The molecule has 12 rings (SSSR count). The van der Waals surface area contributed by atoms with Crippen LogP contribution in [0.2, 0.25) is 0 Å². The van der Waals surface area contributed by atoms with E-state index in [1.165, 1.54) is 21.1 Å². The van der Waals surface area contributed by atoms with Crippen molar-refractivity contribution in [2.75, 3.05) is 0 Å². The molecule has 0 N–H and O–H groups in total. The van der Waals surface area contributed by atoms with Crippen LogP contribution in [0.3, 0.4) is 0 Å². The lowest BCUT2D eigenvalue weighted by atomic mass is 10.1. The Hall–Kier alpha value is -7.54. The van der Waals surface area contributed by atoms with Gasteiger partial charge in [0.2, 0.25) is 14.0 Å². The van der Waals surface area contributed by atoms with Crippen molar-refractivity contribution >= 4 is 94.5 Å². The van der Waals surface area contributed by atoms with Gasteiger partial charge in [-0.05, 0) is 52.0 Å². The number of para-hydroxylation sites is 5. The van der Waals surface area contributed by atoms with Crippen LogP contribution in [0.25, 0.3) is 77.2 Å². The SMILES string of the molecule is c1ccc(-n2c3ccccc3c3ccc4c5ccccc5n(-c5nccc([Si](c6ccccc6)(c6ccccc6)c6cccc7c6oc6ccccc67)n5)c4c32)cc1. The molecule has 0 unspecified atom stereocenters. The molecule has 0 fully saturated rings. The minimum Gasteiger partial charge on any atom is -0.456 e. The van der Waals surface area contributed by atoms with Crippen molar-refractivity contribution in [1.29, 1.82) is 0 Å². The molecule has 0 amide bonds. The minimum atomic E-state index is -3.21. The van der Waals surface area contributed by atoms with Crippen LogP contribution in [0, 0.1) is 0 Å². The molecule has 0 saturated carbocycles. The van der Waals surface area contributed by atoms with Crippen LogP contribution in [-0.4, -0.2) is 27.2 Å². The zero-order valence-electron chi connectivity index (χ0n) is 31.3. The number of aromatic nitrogens is 4. The minimum absolute atomic E-state index is 0.626. The number of nitrogens with zero attached hydrogens (tertiary/aromatic N) is 4. The Bertz CT molecular complexity index is 3480. The van der Waals surface area contributed by atoms with Crippen LogP contribution < -0.4 is 20.9 Å². The molecule has 0 atom stereocenters. The normalized spacial score (nSPS) is 12.1. The highest BCUT2D eigenvalue weighted by molar-refractivity contribution is 7.20. The monoisotopic (exact) mass is 758 g/mol. The van der Waals surface area contributed by atoms with Gasteiger partial charge in [0.15, 0.2) is 0 Å². The van der Waals surface area contributed by atoms with Gasteiger partial charge >= 0.3 is 0 Å². The zero-order valence-corrected chi connectivity index (χ0v) is 32.3. The zero-order chi connectivity index (χ0) is 38.2. The van der Waals surface area contributed by atoms with E-state index in [1.54, 1.807) is 0 Å². The van der Waals surface area contributed by atoms with Crippen molar-refractivity contribution < 1.29 is 4.42 Å². The third-order valence-corrected chi connectivity index (χ3v) is 16.6. The summed E-state index contributed by atoms with van der Waals surface area (Å²) in [5.41, 5.74) is 7.28. The third kappa shape index (κ3) is 4.57. The first-order chi connectivity index (χ1) is 28.8. The Morgan fingerprint density at radius 1 is 0.414 bits per heavy atom. The lowest BCUT2D eigenvalue weighted by Gasteiger charge is -2.33. The molecule has 0 radical (unpaired) electrons. The van der Waals surface area contributed by atoms with Gasteiger partial charge in [-0.3, -0.25) is 4.57 Å². The predicted octanol–water partition coefficient (Wildman–Crippen LogP) is 9.95. The second-order valence-electron chi connectivity index (χ2n) is 14.9. The summed E-state index contributed by atoms with van der Waals surface area (Å²) in [4.78, 5) is 11.0. The van der Waals surface area contributed by atoms with E-state index in [-0.39, 0.29) is 0 Å². The van der Waals surface area contributed by atoms with E-state index in [9.17, 15) is 0 Å². The first-order valence-electron chi connectivity index (χ1n) is 19.7. The Labute approximate surface area is 334 Å². The lowest BCUT2D eigenvalue weighted by Crippen LogP contribution is -2.75. The van der Waals surface area contributed by atoms with Crippen LogP contribution in [0.4, 0.5) is 0 Å². The van der Waals surface area contributed by atoms with Gasteiger partial charge in [0, 0.05) is 49.5 Å². The summed E-state index contributed by atoms with van der Waals surface area (Å²) in [6.45, 7) is 0. The number of furan rings is 1. The Balaban J connectivity index is 1.23. The molecule has 0 bridgehead atoms. The average molecular weight is 759 g/mol. The highest BCUT2D eigenvalue weighted by atomic mass is 28.3. The van der Waals surface area contributed by atoms with Gasteiger partial charge < -0.3 is 8.98 Å². The van der Waals surface area contributed by atoms with Gasteiger partial charge in [0.25, 0.3) is 0 Å². The Morgan fingerprint density at radius 3 is 1.62 bits per heavy atom. The fourth-order valence-electron chi connectivity index (χ4n) is 9.55. The number of hydrogen-bond donors (Lipinski definition) is 0. The van der Waals surface area contributed by atoms with Gasteiger partial charge in [-0.2, -0.15) is 0 Å². The number of hydrogen-bond acceptors (Lipinski definition) is 3. The molecule has 0 aliphatic rings. The summed E-state index contributed by atoms with van der Waals surface area (Å²) in [7, 11) is -3.21. The molecule has 5 nitrogen and oxygen atoms in total. The predicted molar refractivity (Wildman–Crippen MR) is 242 cm³/mol. The van der Waals surface area contributed by atoms with Crippen LogP contribution in [0.15, 0.2) is 211 Å². The molecule has 4 aromatic heterocycles.